The minimum absolute atomic E-state index is 0. The van der Waals surface area contributed by atoms with Crippen LogP contribution in [0.3, 0.4) is 0 Å². The van der Waals surface area contributed by atoms with E-state index in [4.69, 9.17) is 0 Å². The standard InChI is InChI=1S/C20H25N3O2.ClH/c1-3-21-14(2)12-22-20(25)16-11-19(24)23(13-16)18-10-6-8-15-7-4-5-9-17(15)18;/h4-10,14,16,21H,3,11-13H2,1-2H3,(H,22,25);1H/t14-,16?;/m1./s1. The Balaban J connectivity index is 0.00000243. The highest BCUT2D eigenvalue weighted by Crippen LogP contribution is 2.31. The number of carbonyl (C=O) groups is 2. The summed E-state index contributed by atoms with van der Waals surface area (Å²) in [6.07, 6.45) is 0.268. The third-order valence-corrected chi connectivity index (χ3v) is 4.69. The van der Waals surface area contributed by atoms with Gasteiger partial charge in [-0.2, -0.15) is 0 Å². The zero-order valence-corrected chi connectivity index (χ0v) is 16.0. The molecule has 2 aromatic rings. The molecule has 2 N–H and O–H groups in total. The lowest BCUT2D eigenvalue weighted by Crippen LogP contribution is -2.41. The van der Waals surface area contributed by atoms with Crippen LogP contribution in [0.4, 0.5) is 5.69 Å². The molecule has 3 rings (SSSR count). The number of rotatable bonds is 6. The highest BCUT2D eigenvalue weighted by Gasteiger charge is 2.35. The smallest absolute Gasteiger partial charge is 0.227 e. The molecule has 1 aliphatic heterocycles. The van der Waals surface area contributed by atoms with Crippen LogP contribution >= 0.6 is 12.4 Å². The van der Waals surface area contributed by atoms with Crippen LogP contribution < -0.4 is 15.5 Å². The van der Waals surface area contributed by atoms with E-state index in [9.17, 15) is 9.59 Å². The Bertz CT molecular complexity index is 775. The third kappa shape index (κ3) is 4.34. The quantitative estimate of drug-likeness (QED) is 0.816. The Kier molecular flexibility index (Phi) is 7.00. The number of hydrogen-bond donors (Lipinski definition) is 2. The second-order valence-electron chi connectivity index (χ2n) is 6.61. The van der Waals surface area contributed by atoms with Crippen LogP contribution in [0.25, 0.3) is 10.8 Å². The molecule has 1 fully saturated rings. The van der Waals surface area contributed by atoms with Crippen LogP contribution in [-0.4, -0.2) is 37.5 Å². The number of benzene rings is 2. The van der Waals surface area contributed by atoms with Gasteiger partial charge in [-0.3, -0.25) is 9.59 Å². The van der Waals surface area contributed by atoms with E-state index in [1.54, 1.807) is 4.90 Å². The molecule has 6 heteroatoms. The topological polar surface area (TPSA) is 61.4 Å². The summed E-state index contributed by atoms with van der Waals surface area (Å²) in [4.78, 5) is 26.7. The predicted molar refractivity (Wildman–Crippen MR) is 108 cm³/mol. The normalized spacial score (nSPS) is 17.8. The molecule has 1 saturated heterocycles. The van der Waals surface area contributed by atoms with Gasteiger partial charge in [-0.1, -0.05) is 43.3 Å². The summed E-state index contributed by atoms with van der Waals surface area (Å²) in [6, 6.07) is 14.2. The van der Waals surface area contributed by atoms with E-state index in [1.165, 1.54) is 0 Å². The van der Waals surface area contributed by atoms with Crippen LogP contribution in [0.5, 0.6) is 0 Å². The summed E-state index contributed by atoms with van der Waals surface area (Å²) < 4.78 is 0. The molecule has 140 valence electrons. The molecule has 0 aliphatic carbocycles. The van der Waals surface area contributed by atoms with E-state index in [0.29, 0.717) is 13.1 Å². The van der Waals surface area contributed by atoms with Gasteiger partial charge in [0.05, 0.1) is 11.6 Å². The van der Waals surface area contributed by atoms with Crippen molar-refractivity contribution in [2.24, 2.45) is 5.92 Å². The third-order valence-electron chi connectivity index (χ3n) is 4.69. The van der Waals surface area contributed by atoms with Crippen molar-refractivity contribution < 1.29 is 9.59 Å². The molecule has 1 heterocycles. The number of likely N-dealkylation sites (N-methyl/N-ethyl adjacent to an activating group) is 1. The van der Waals surface area contributed by atoms with Crippen LogP contribution in [0.2, 0.25) is 0 Å². The first kappa shape index (κ1) is 20.2. The van der Waals surface area contributed by atoms with E-state index in [-0.39, 0.29) is 42.6 Å². The van der Waals surface area contributed by atoms with Gasteiger partial charge in [0, 0.05) is 30.9 Å². The lowest BCUT2D eigenvalue weighted by Gasteiger charge is -2.19. The summed E-state index contributed by atoms with van der Waals surface area (Å²) in [5, 5.41) is 8.36. The van der Waals surface area contributed by atoms with E-state index >= 15 is 0 Å². The number of fused-ring (bicyclic) bond motifs is 1. The first-order valence-electron chi connectivity index (χ1n) is 8.89. The molecule has 2 amide bonds. The fourth-order valence-electron chi connectivity index (χ4n) is 3.38. The highest BCUT2D eigenvalue weighted by molar-refractivity contribution is 6.06. The Hall–Kier alpha value is -2.11. The van der Waals surface area contributed by atoms with E-state index in [2.05, 4.69) is 10.6 Å². The molecule has 0 aromatic heterocycles. The average molecular weight is 376 g/mol. The maximum Gasteiger partial charge on any atom is 0.227 e. The maximum atomic E-state index is 12.5. The first-order valence-corrected chi connectivity index (χ1v) is 8.89. The van der Waals surface area contributed by atoms with Gasteiger partial charge in [0.1, 0.15) is 0 Å². The monoisotopic (exact) mass is 375 g/mol. The van der Waals surface area contributed by atoms with Crippen molar-refractivity contribution in [3.63, 3.8) is 0 Å². The van der Waals surface area contributed by atoms with Crippen molar-refractivity contribution in [2.45, 2.75) is 26.3 Å². The van der Waals surface area contributed by atoms with Gasteiger partial charge in [-0.25, -0.2) is 0 Å². The van der Waals surface area contributed by atoms with E-state index in [0.717, 1.165) is 23.0 Å². The molecular weight excluding hydrogens is 350 g/mol. The van der Waals surface area contributed by atoms with Crippen molar-refractivity contribution in [2.75, 3.05) is 24.5 Å². The molecule has 26 heavy (non-hydrogen) atoms. The van der Waals surface area contributed by atoms with Gasteiger partial charge in [0.15, 0.2) is 0 Å². The second kappa shape index (κ2) is 9.01. The van der Waals surface area contributed by atoms with Crippen molar-refractivity contribution in [1.29, 1.82) is 0 Å². The number of halogens is 1. The van der Waals surface area contributed by atoms with E-state index < -0.39 is 0 Å². The summed E-state index contributed by atoms with van der Waals surface area (Å²) in [5.41, 5.74) is 0.888. The molecule has 2 atom stereocenters. The van der Waals surface area contributed by atoms with Gasteiger partial charge < -0.3 is 15.5 Å². The number of anilines is 1. The molecule has 1 aliphatic rings. The van der Waals surface area contributed by atoms with Crippen molar-refractivity contribution in [3.8, 4) is 0 Å². The predicted octanol–water partition coefficient (Wildman–Crippen LogP) is 2.73. The van der Waals surface area contributed by atoms with Crippen LogP contribution in [0.1, 0.15) is 20.3 Å². The largest absolute Gasteiger partial charge is 0.354 e. The Morgan fingerprint density at radius 3 is 2.73 bits per heavy atom. The van der Waals surface area contributed by atoms with Crippen LogP contribution in [0, 0.1) is 5.92 Å². The van der Waals surface area contributed by atoms with Crippen molar-refractivity contribution in [1.82, 2.24) is 10.6 Å². The van der Waals surface area contributed by atoms with Gasteiger partial charge in [0.25, 0.3) is 0 Å². The molecule has 0 radical (unpaired) electrons. The summed E-state index contributed by atoms with van der Waals surface area (Å²) >= 11 is 0. The van der Waals surface area contributed by atoms with Gasteiger partial charge in [-0.05, 0) is 24.9 Å². The average Bonchev–Trinajstić information content (AvgIpc) is 3.01. The Labute approximate surface area is 160 Å². The molecule has 0 saturated carbocycles. The summed E-state index contributed by atoms with van der Waals surface area (Å²) in [6.45, 7) is 5.95. The Morgan fingerprint density at radius 1 is 1.23 bits per heavy atom. The van der Waals surface area contributed by atoms with E-state index in [1.807, 2.05) is 56.3 Å². The molecule has 1 unspecified atom stereocenters. The zero-order chi connectivity index (χ0) is 17.8. The first-order chi connectivity index (χ1) is 12.1. The summed E-state index contributed by atoms with van der Waals surface area (Å²) in [5.74, 6) is -0.322. The molecule has 0 spiro atoms. The van der Waals surface area contributed by atoms with Crippen molar-refractivity contribution >= 4 is 40.7 Å². The number of nitrogens with one attached hydrogen (secondary N) is 2. The minimum Gasteiger partial charge on any atom is -0.354 e. The summed E-state index contributed by atoms with van der Waals surface area (Å²) in [7, 11) is 0. The number of amides is 2. The number of hydrogen-bond acceptors (Lipinski definition) is 3. The van der Waals surface area contributed by atoms with Gasteiger partial charge >= 0.3 is 0 Å². The number of carbonyl (C=O) groups excluding carboxylic acids is 2. The van der Waals surface area contributed by atoms with Gasteiger partial charge in [-0.15, -0.1) is 12.4 Å². The molecular formula is C20H26ClN3O2. The van der Waals surface area contributed by atoms with Crippen LogP contribution in [0.15, 0.2) is 42.5 Å². The lowest BCUT2D eigenvalue weighted by atomic mass is 10.1. The number of nitrogens with zero attached hydrogens (tertiary/aromatic N) is 1. The molecule has 2 aromatic carbocycles. The lowest BCUT2D eigenvalue weighted by molar-refractivity contribution is -0.126. The SMILES string of the molecule is CCN[C@H](C)CNC(=O)C1CC(=O)N(c2cccc3ccccc23)C1.Cl. The highest BCUT2D eigenvalue weighted by atomic mass is 35.5. The second-order valence-corrected chi connectivity index (χ2v) is 6.61. The molecule has 5 nitrogen and oxygen atoms in total. The maximum absolute atomic E-state index is 12.5. The fraction of sp³-hybridized carbons (Fsp3) is 0.400. The van der Waals surface area contributed by atoms with Crippen LogP contribution in [-0.2, 0) is 9.59 Å². The zero-order valence-electron chi connectivity index (χ0n) is 15.2. The van der Waals surface area contributed by atoms with Gasteiger partial charge in [0.2, 0.25) is 11.8 Å². The fourth-order valence-corrected chi connectivity index (χ4v) is 3.38. The Morgan fingerprint density at radius 2 is 1.96 bits per heavy atom. The van der Waals surface area contributed by atoms with Crippen molar-refractivity contribution in [3.05, 3.63) is 42.5 Å². The molecule has 0 bridgehead atoms. The minimum atomic E-state index is -0.291.